The summed E-state index contributed by atoms with van der Waals surface area (Å²) in [5, 5.41) is 1.14. The van der Waals surface area contributed by atoms with Crippen LogP contribution < -0.4 is 10.2 Å². The predicted octanol–water partition coefficient (Wildman–Crippen LogP) is 5.02. The van der Waals surface area contributed by atoms with Gasteiger partial charge in [0.05, 0.1) is 17.6 Å². The van der Waals surface area contributed by atoms with Crippen LogP contribution in [0.25, 0.3) is 22.1 Å². The third-order valence-electron chi connectivity index (χ3n) is 4.31. The maximum Gasteiger partial charge on any atom is 0.200 e. The lowest BCUT2D eigenvalue weighted by Crippen LogP contribution is -2.24. The van der Waals surface area contributed by atoms with Crippen LogP contribution in [0.1, 0.15) is 19.3 Å². The molecule has 2 aromatic carbocycles. The fourth-order valence-electron chi connectivity index (χ4n) is 2.97. The van der Waals surface area contributed by atoms with E-state index in [1.165, 1.54) is 6.26 Å². The van der Waals surface area contributed by atoms with Crippen LogP contribution in [0.4, 0.5) is 0 Å². The summed E-state index contributed by atoms with van der Waals surface area (Å²) in [5.74, 6) is 0.641. The van der Waals surface area contributed by atoms with Gasteiger partial charge in [0, 0.05) is 17.5 Å². The van der Waals surface area contributed by atoms with E-state index in [9.17, 15) is 4.79 Å². The highest BCUT2D eigenvalue weighted by Crippen LogP contribution is 2.25. The topological polar surface area (TPSA) is 48.7 Å². The molecule has 0 saturated carbocycles. The molecule has 1 fully saturated rings. The Morgan fingerprint density at radius 3 is 2.68 bits per heavy atom. The minimum absolute atomic E-state index is 0.0796. The van der Waals surface area contributed by atoms with E-state index in [1.54, 1.807) is 42.5 Å². The van der Waals surface area contributed by atoms with Crippen molar-refractivity contribution < 1.29 is 13.9 Å². The van der Waals surface area contributed by atoms with Crippen molar-refractivity contribution in [3.63, 3.8) is 0 Å². The molecule has 1 aliphatic rings. The Hall–Kier alpha value is -2.30. The molecule has 2 heterocycles. The smallest absolute Gasteiger partial charge is 0.200 e. The SMILES string of the molecule is O=c1c(-c2ccc(Cl)cc2)coc2cc(OC3CCCCO3)ccc12. The summed E-state index contributed by atoms with van der Waals surface area (Å²) in [7, 11) is 0. The Morgan fingerprint density at radius 1 is 1.08 bits per heavy atom. The van der Waals surface area contributed by atoms with Crippen molar-refractivity contribution in [2.24, 2.45) is 0 Å². The fourth-order valence-corrected chi connectivity index (χ4v) is 3.09. The van der Waals surface area contributed by atoms with E-state index in [4.69, 9.17) is 25.5 Å². The summed E-state index contributed by atoms with van der Waals surface area (Å²) in [6, 6.07) is 12.4. The van der Waals surface area contributed by atoms with Gasteiger partial charge in [-0.3, -0.25) is 4.79 Å². The molecule has 4 nitrogen and oxygen atoms in total. The first kappa shape index (κ1) is 16.2. The predicted molar refractivity (Wildman–Crippen MR) is 97.1 cm³/mol. The van der Waals surface area contributed by atoms with E-state index in [-0.39, 0.29) is 11.7 Å². The second kappa shape index (κ2) is 6.90. The lowest BCUT2D eigenvalue weighted by atomic mass is 10.1. The van der Waals surface area contributed by atoms with Crippen LogP contribution in [-0.4, -0.2) is 12.9 Å². The van der Waals surface area contributed by atoms with E-state index in [0.29, 0.717) is 27.3 Å². The number of rotatable bonds is 3. The van der Waals surface area contributed by atoms with Gasteiger partial charge in [0.15, 0.2) is 11.7 Å². The number of halogens is 1. The molecule has 1 atom stereocenters. The monoisotopic (exact) mass is 356 g/mol. The third kappa shape index (κ3) is 3.41. The van der Waals surface area contributed by atoms with Gasteiger partial charge < -0.3 is 13.9 Å². The first-order valence-electron chi connectivity index (χ1n) is 8.30. The highest BCUT2D eigenvalue weighted by atomic mass is 35.5. The van der Waals surface area contributed by atoms with Gasteiger partial charge in [-0.2, -0.15) is 0 Å². The summed E-state index contributed by atoms with van der Waals surface area (Å²) in [6.07, 6.45) is 4.29. The zero-order valence-corrected chi connectivity index (χ0v) is 14.3. The van der Waals surface area contributed by atoms with Crippen molar-refractivity contribution in [2.75, 3.05) is 6.61 Å². The molecule has 5 heteroatoms. The summed E-state index contributed by atoms with van der Waals surface area (Å²) < 4.78 is 17.1. The molecule has 128 valence electrons. The number of benzene rings is 2. The van der Waals surface area contributed by atoms with E-state index >= 15 is 0 Å². The second-order valence-corrected chi connectivity index (χ2v) is 6.49. The van der Waals surface area contributed by atoms with Crippen LogP contribution in [-0.2, 0) is 4.74 Å². The van der Waals surface area contributed by atoms with Crippen molar-refractivity contribution in [1.29, 1.82) is 0 Å². The summed E-state index contributed by atoms with van der Waals surface area (Å²) in [6.45, 7) is 0.720. The number of fused-ring (bicyclic) bond motifs is 1. The van der Waals surface area contributed by atoms with Crippen LogP contribution >= 0.6 is 11.6 Å². The van der Waals surface area contributed by atoms with Crippen molar-refractivity contribution in [2.45, 2.75) is 25.6 Å². The van der Waals surface area contributed by atoms with Crippen LogP contribution in [0.5, 0.6) is 5.75 Å². The molecular weight excluding hydrogens is 340 g/mol. The molecule has 0 amide bonds. The minimum atomic E-state index is -0.230. The van der Waals surface area contributed by atoms with Gasteiger partial charge in [0.1, 0.15) is 17.6 Å². The maximum atomic E-state index is 12.8. The number of ether oxygens (including phenoxy) is 2. The Kier molecular flexibility index (Phi) is 4.47. The Morgan fingerprint density at radius 2 is 1.92 bits per heavy atom. The van der Waals surface area contributed by atoms with Crippen LogP contribution in [0.15, 0.2) is 57.9 Å². The molecule has 1 aromatic heterocycles. The van der Waals surface area contributed by atoms with E-state index in [1.807, 2.05) is 0 Å². The molecule has 1 unspecified atom stereocenters. The molecule has 0 bridgehead atoms. The molecule has 25 heavy (non-hydrogen) atoms. The maximum absolute atomic E-state index is 12.8. The molecular formula is C20H17ClO4. The first-order valence-corrected chi connectivity index (χ1v) is 8.68. The fraction of sp³-hybridized carbons (Fsp3) is 0.250. The number of hydrogen-bond donors (Lipinski definition) is 0. The highest BCUT2D eigenvalue weighted by molar-refractivity contribution is 6.30. The standard InChI is InChI=1S/C20H17ClO4/c21-14-6-4-13(5-7-14)17-12-24-18-11-15(8-9-16(18)20(17)22)25-19-3-1-2-10-23-19/h4-9,11-12,19H,1-3,10H2. The quantitative estimate of drug-likeness (QED) is 0.661. The van der Waals surface area contributed by atoms with E-state index in [0.717, 1.165) is 31.4 Å². The molecule has 1 saturated heterocycles. The van der Waals surface area contributed by atoms with Crippen LogP contribution in [0.3, 0.4) is 0 Å². The van der Waals surface area contributed by atoms with Gasteiger partial charge in [-0.15, -0.1) is 0 Å². The molecule has 0 aliphatic carbocycles. The normalized spacial score (nSPS) is 17.6. The highest BCUT2D eigenvalue weighted by Gasteiger charge is 2.16. The van der Waals surface area contributed by atoms with Gasteiger partial charge in [-0.1, -0.05) is 23.7 Å². The van der Waals surface area contributed by atoms with Gasteiger partial charge >= 0.3 is 0 Å². The zero-order chi connectivity index (χ0) is 17.2. The summed E-state index contributed by atoms with van der Waals surface area (Å²) in [4.78, 5) is 12.8. The van der Waals surface area contributed by atoms with E-state index in [2.05, 4.69) is 0 Å². The number of hydrogen-bond acceptors (Lipinski definition) is 4. The third-order valence-corrected chi connectivity index (χ3v) is 4.56. The van der Waals surface area contributed by atoms with Crippen molar-refractivity contribution in [3.8, 4) is 16.9 Å². The van der Waals surface area contributed by atoms with Gasteiger partial charge in [-0.25, -0.2) is 0 Å². The van der Waals surface area contributed by atoms with Crippen LogP contribution in [0, 0.1) is 0 Å². The Balaban J connectivity index is 1.67. The zero-order valence-electron chi connectivity index (χ0n) is 13.5. The van der Waals surface area contributed by atoms with Gasteiger partial charge in [0.25, 0.3) is 0 Å². The van der Waals surface area contributed by atoms with Crippen molar-refractivity contribution in [1.82, 2.24) is 0 Å². The van der Waals surface area contributed by atoms with E-state index < -0.39 is 0 Å². The first-order chi connectivity index (χ1) is 12.2. The molecule has 0 N–H and O–H groups in total. The second-order valence-electron chi connectivity index (χ2n) is 6.06. The molecule has 0 radical (unpaired) electrons. The Bertz CT molecular complexity index is 940. The lowest BCUT2D eigenvalue weighted by molar-refractivity contribution is -0.105. The molecule has 0 spiro atoms. The summed E-state index contributed by atoms with van der Waals surface area (Å²) >= 11 is 5.91. The summed E-state index contributed by atoms with van der Waals surface area (Å²) in [5.41, 5.74) is 1.70. The van der Waals surface area contributed by atoms with Crippen molar-refractivity contribution >= 4 is 22.6 Å². The molecule has 4 rings (SSSR count). The molecule has 1 aliphatic heterocycles. The minimum Gasteiger partial charge on any atom is -0.465 e. The molecule has 3 aromatic rings. The van der Waals surface area contributed by atoms with Crippen molar-refractivity contribution in [3.05, 3.63) is 64.0 Å². The van der Waals surface area contributed by atoms with Gasteiger partial charge in [0.2, 0.25) is 0 Å². The lowest BCUT2D eigenvalue weighted by Gasteiger charge is -2.23. The van der Waals surface area contributed by atoms with Gasteiger partial charge in [-0.05, 0) is 42.7 Å². The average molecular weight is 357 g/mol. The average Bonchev–Trinajstić information content (AvgIpc) is 2.64. The van der Waals surface area contributed by atoms with Crippen LogP contribution in [0.2, 0.25) is 5.02 Å². The largest absolute Gasteiger partial charge is 0.465 e. The Labute approximate surface area is 149 Å².